The van der Waals surface area contributed by atoms with Gasteiger partial charge in [0.05, 0.1) is 25.4 Å². The van der Waals surface area contributed by atoms with Gasteiger partial charge in [-0.25, -0.2) is 0 Å². The molecule has 4 aliphatic carbocycles. The molecule has 0 aromatic rings. The molecule has 0 radical (unpaired) electrons. The number of Topliss-reactive ketones (excluding diaryl/α,β-unsaturated/α-hetero) is 1. The van der Waals surface area contributed by atoms with Crippen LogP contribution in [0, 0.1) is 40.4 Å². The van der Waals surface area contributed by atoms with Crippen molar-refractivity contribution in [3.8, 4) is 0 Å². The van der Waals surface area contributed by atoms with Crippen LogP contribution in [0.25, 0.3) is 0 Å². The summed E-state index contributed by atoms with van der Waals surface area (Å²) in [5.74, 6) is 1.17. The highest BCUT2D eigenvalue weighted by Gasteiger charge is 2.62. The van der Waals surface area contributed by atoms with E-state index in [1.807, 2.05) is 0 Å². The fraction of sp³-hybridized carbons (Fsp3) is 0.870. The van der Waals surface area contributed by atoms with Crippen molar-refractivity contribution in [3.63, 3.8) is 0 Å². The zero-order valence-electron chi connectivity index (χ0n) is 17.2. The van der Waals surface area contributed by atoms with Crippen LogP contribution in [0.5, 0.6) is 0 Å². The molecule has 5 nitrogen and oxygen atoms in total. The summed E-state index contributed by atoms with van der Waals surface area (Å²) in [7, 11) is 0. The van der Waals surface area contributed by atoms with E-state index in [-0.39, 0.29) is 41.8 Å². The molecule has 158 valence electrons. The standard InChI is InChI=1S/C23H36O5/c1-22-8-7-13(19(27)11-24)9-14(22)3-4-15-16-5-6-17(20(28)12-25)23(16,2)10-18(26)21(15)22/h3,13,15-17,19-21,24-25,27-28H,4-12H2,1-2H3/t13?,15-,16-,17?,19?,20?,21-,22-,23-/m0/s1. The third kappa shape index (κ3) is 2.84. The molecule has 0 amide bonds. The van der Waals surface area contributed by atoms with Crippen molar-refractivity contribution < 1.29 is 25.2 Å². The maximum atomic E-state index is 13.5. The van der Waals surface area contributed by atoms with Crippen molar-refractivity contribution in [1.82, 2.24) is 0 Å². The maximum absolute atomic E-state index is 13.5. The van der Waals surface area contributed by atoms with Gasteiger partial charge >= 0.3 is 0 Å². The molecule has 4 aliphatic rings. The molecule has 4 rings (SSSR count). The van der Waals surface area contributed by atoms with E-state index in [0.717, 1.165) is 38.5 Å². The van der Waals surface area contributed by atoms with Crippen LogP contribution in [-0.4, -0.2) is 51.6 Å². The predicted molar refractivity (Wildman–Crippen MR) is 105 cm³/mol. The molecule has 0 spiro atoms. The minimum absolute atomic E-state index is 0.000945. The predicted octanol–water partition coefficient (Wildman–Crippen LogP) is 2.07. The number of allylic oxidation sites excluding steroid dienone is 2. The van der Waals surface area contributed by atoms with Gasteiger partial charge in [0.25, 0.3) is 0 Å². The van der Waals surface area contributed by atoms with Crippen LogP contribution >= 0.6 is 0 Å². The second kappa shape index (κ2) is 7.19. The third-order valence-corrected chi connectivity index (χ3v) is 9.29. The van der Waals surface area contributed by atoms with Crippen molar-refractivity contribution in [2.75, 3.05) is 13.2 Å². The number of hydrogen-bond acceptors (Lipinski definition) is 5. The molecule has 5 heteroatoms. The van der Waals surface area contributed by atoms with Crippen molar-refractivity contribution in [2.24, 2.45) is 40.4 Å². The van der Waals surface area contributed by atoms with Crippen LogP contribution in [-0.2, 0) is 4.79 Å². The molecule has 9 atom stereocenters. The monoisotopic (exact) mass is 392 g/mol. The molecule has 0 aliphatic heterocycles. The summed E-state index contributed by atoms with van der Waals surface area (Å²) in [4.78, 5) is 13.5. The number of hydrogen-bond donors (Lipinski definition) is 4. The third-order valence-electron chi connectivity index (χ3n) is 9.29. The van der Waals surface area contributed by atoms with E-state index in [4.69, 9.17) is 0 Å². The Hall–Kier alpha value is -0.750. The summed E-state index contributed by atoms with van der Waals surface area (Å²) in [6.45, 7) is 3.98. The van der Waals surface area contributed by atoms with Crippen molar-refractivity contribution in [1.29, 1.82) is 0 Å². The van der Waals surface area contributed by atoms with E-state index < -0.39 is 12.2 Å². The lowest BCUT2D eigenvalue weighted by Gasteiger charge is -2.57. The first-order chi connectivity index (χ1) is 13.3. The molecule has 4 unspecified atom stereocenters. The van der Waals surface area contributed by atoms with Gasteiger partial charge in [-0.15, -0.1) is 0 Å². The SMILES string of the molecule is C[C@]12CCC(C(O)CO)CC1=CC[C@@H]1[C@H]2C(=O)C[C@]2(C)C(C(O)CO)CC[C@@H]12. The Morgan fingerprint density at radius 2 is 1.82 bits per heavy atom. The Balaban J connectivity index is 1.63. The molecular formula is C23H36O5. The van der Waals surface area contributed by atoms with E-state index >= 15 is 0 Å². The first kappa shape index (κ1) is 20.5. The lowest BCUT2D eigenvalue weighted by molar-refractivity contribution is -0.147. The largest absolute Gasteiger partial charge is 0.394 e. The second-order valence-electron chi connectivity index (χ2n) is 10.5. The summed E-state index contributed by atoms with van der Waals surface area (Å²) in [6, 6.07) is 0. The van der Waals surface area contributed by atoms with E-state index in [9.17, 15) is 25.2 Å². The Kier molecular flexibility index (Phi) is 5.27. The molecule has 4 N–H and O–H groups in total. The van der Waals surface area contributed by atoms with Gasteiger partial charge in [0.15, 0.2) is 0 Å². The number of fused-ring (bicyclic) bond motifs is 5. The minimum Gasteiger partial charge on any atom is -0.394 e. The summed E-state index contributed by atoms with van der Waals surface area (Å²) in [5, 5.41) is 39.3. The zero-order chi connectivity index (χ0) is 20.3. The number of aliphatic hydroxyl groups is 4. The Bertz CT molecular complexity index is 659. The lowest BCUT2D eigenvalue weighted by atomic mass is 9.46. The topological polar surface area (TPSA) is 98.0 Å². The molecule has 0 bridgehead atoms. The van der Waals surface area contributed by atoms with Crippen molar-refractivity contribution in [3.05, 3.63) is 11.6 Å². The molecular weight excluding hydrogens is 356 g/mol. The highest BCUT2D eigenvalue weighted by atomic mass is 16.3. The maximum Gasteiger partial charge on any atom is 0.137 e. The number of ketones is 1. The normalized spacial score (nSPS) is 47.6. The van der Waals surface area contributed by atoms with Crippen LogP contribution in [0.4, 0.5) is 0 Å². The average Bonchev–Trinajstić information content (AvgIpc) is 3.02. The van der Waals surface area contributed by atoms with Gasteiger partial charge in [-0.3, -0.25) is 4.79 Å². The minimum atomic E-state index is -0.736. The van der Waals surface area contributed by atoms with Gasteiger partial charge in [0, 0.05) is 12.3 Å². The van der Waals surface area contributed by atoms with Gasteiger partial charge < -0.3 is 20.4 Å². The van der Waals surface area contributed by atoms with E-state index in [1.54, 1.807) is 0 Å². The van der Waals surface area contributed by atoms with Crippen molar-refractivity contribution >= 4 is 5.78 Å². The van der Waals surface area contributed by atoms with Crippen LogP contribution < -0.4 is 0 Å². The number of carbonyl (C=O) groups is 1. The van der Waals surface area contributed by atoms with Crippen molar-refractivity contribution in [2.45, 2.75) is 71.0 Å². The summed E-state index contributed by atoms with van der Waals surface area (Å²) in [6.07, 6.45) is 6.74. The molecule has 0 aromatic carbocycles. The van der Waals surface area contributed by atoms with Crippen LogP contribution in [0.1, 0.15) is 58.8 Å². The highest BCUT2D eigenvalue weighted by Crippen LogP contribution is 2.65. The van der Waals surface area contributed by atoms with Gasteiger partial charge in [-0.05, 0) is 73.0 Å². The van der Waals surface area contributed by atoms with Gasteiger partial charge in [-0.2, -0.15) is 0 Å². The molecule has 3 fully saturated rings. The van der Waals surface area contributed by atoms with E-state index in [0.29, 0.717) is 24.0 Å². The average molecular weight is 393 g/mol. The van der Waals surface area contributed by atoms with E-state index in [2.05, 4.69) is 19.9 Å². The molecule has 0 saturated heterocycles. The molecule has 3 saturated carbocycles. The van der Waals surface area contributed by atoms with Gasteiger partial charge in [0.2, 0.25) is 0 Å². The Labute approximate surface area is 167 Å². The smallest absolute Gasteiger partial charge is 0.137 e. The van der Waals surface area contributed by atoms with Gasteiger partial charge in [0.1, 0.15) is 5.78 Å². The molecule has 0 heterocycles. The fourth-order valence-corrected chi connectivity index (χ4v) is 7.79. The second-order valence-corrected chi connectivity index (χ2v) is 10.5. The number of carbonyl (C=O) groups excluding carboxylic acids is 1. The first-order valence-electron chi connectivity index (χ1n) is 11.1. The number of aliphatic hydroxyl groups excluding tert-OH is 4. The Morgan fingerprint density at radius 3 is 2.50 bits per heavy atom. The lowest BCUT2D eigenvalue weighted by Crippen LogP contribution is -2.55. The van der Waals surface area contributed by atoms with Crippen LogP contribution in [0.3, 0.4) is 0 Å². The summed E-state index contributed by atoms with van der Waals surface area (Å²) >= 11 is 0. The van der Waals surface area contributed by atoms with Crippen LogP contribution in [0.15, 0.2) is 11.6 Å². The summed E-state index contributed by atoms with van der Waals surface area (Å²) < 4.78 is 0. The highest BCUT2D eigenvalue weighted by molar-refractivity contribution is 5.85. The fourth-order valence-electron chi connectivity index (χ4n) is 7.79. The molecule has 0 aromatic heterocycles. The number of rotatable bonds is 4. The van der Waals surface area contributed by atoms with Gasteiger partial charge in [-0.1, -0.05) is 25.5 Å². The van der Waals surface area contributed by atoms with E-state index in [1.165, 1.54) is 5.57 Å². The summed E-state index contributed by atoms with van der Waals surface area (Å²) in [5.41, 5.74) is 0.951. The quantitative estimate of drug-likeness (QED) is 0.549. The zero-order valence-corrected chi connectivity index (χ0v) is 17.2. The van der Waals surface area contributed by atoms with Crippen LogP contribution in [0.2, 0.25) is 0 Å². The first-order valence-corrected chi connectivity index (χ1v) is 11.1. The molecule has 28 heavy (non-hydrogen) atoms. The Morgan fingerprint density at radius 1 is 1.11 bits per heavy atom.